The highest BCUT2D eigenvalue weighted by Gasteiger charge is 2.12. The lowest BCUT2D eigenvalue weighted by molar-refractivity contribution is 0.102. The SMILES string of the molecule is O=C(Nc1ccc(OCCCc2ccccc2)cc1)c1ccccc1OCc1ccccc1. The highest BCUT2D eigenvalue weighted by Crippen LogP contribution is 2.22. The van der Waals surface area contributed by atoms with Crippen LogP contribution in [0.25, 0.3) is 0 Å². The molecule has 4 aromatic carbocycles. The third-order valence-corrected chi connectivity index (χ3v) is 5.20. The fourth-order valence-electron chi connectivity index (χ4n) is 3.46. The fourth-order valence-corrected chi connectivity index (χ4v) is 3.46. The van der Waals surface area contributed by atoms with Crippen LogP contribution in [0.3, 0.4) is 0 Å². The van der Waals surface area contributed by atoms with Crippen molar-refractivity contribution in [2.24, 2.45) is 0 Å². The summed E-state index contributed by atoms with van der Waals surface area (Å²) in [5.41, 5.74) is 3.56. The molecule has 33 heavy (non-hydrogen) atoms. The van der Waals surface area contributed by atoms with E-state index in [2.05, 4.69) is 29.6 Å². The minimum Gasteiger partial charge on any atom is -0.494 e. The van der Waals surface area contributed by atoms with E-state index in [1.54, 1.807) is 6.07 Å². The first kappa shape index (κ1) is 22.2. The molecule has 0 saturated heterocycles. The zero-order chi connectivity index (χ0) is 22.7. The van der Waals surface area contributed by atoms with Gasteiger partial charge in [-0.15, -0.1) is 0 Å². The van der Waals surface area contributed by atoms with E-state index < -0.39 is 0 Å². The molecule has 0 fully saturated rings. The van der Waals surface area contributed by atoms with E-state index in [0.717, 1.165) is 24.2 Å². The molecule has 4 rings (SSSR count). The number of carbonyl (C=O) groups excluding carboxylic acids is 1. The van der Waals surface area contributed by atoms with Crippen molar-refractivity contribution in [3.8, 4) is 11.5 Å². The van der Waals surface area contributed by atoms with Crippen LogP contribution in [0.2, 0.25) is 0 Å². The average Bonchev–Trinajstić information content (AvgIpc) is 2.88. The van der Waals surface area contributed by atoms with Crippen molar-refractivity contribution < 1.29 is 14.3 Å². The molecule has 4 aromatic rings. The molecule has 1 N–H and O–H groups in total. The van der Waals surface area contributed by atoms with Gasteiger partial charge in [0.15, 0.2) is 0 Å². The van der Waals surface area contributed by atoms with Gasteiger partial charge in [0.1, 0.15) is 18.1 Å². The number of ether oxygens (including phenoxy) is 2. The minimum atomic E-state index is -0.213. The molecule has 0 aliphatic rings. The molecule has 1 amide bonds. The summed E-state index contributed by atoms with van der Waals surface area (Å²) in [4.78, 5) is 12.9. The number of benzene rings is 4. The van der Waals surface area contributed by atoms with Gasteiger partial charge in [0.05, 0.1) is 12.2 Å². The maximum Gasteiger partial charge on any atom is 0.259 e. The predicted molar refractivity (Wildman–Crippen MR) is 132 cm³/mol. The van der Waals surface area contributed by atoms with Crippen molar-refractivity contribution in [3.05, 3.63) is 126 Å². The largest absolute Gasteiger partial charge is 0.494 e. The van der Waals surface area contributed by atoms with E-state index in [1.165, 1.54) is 5.56 Å². The van der Waals surface area contributed by atoms with E-state index in [4.69, 9.17) is 9.47 Å². The number of hydrogen-bond donors (Lipinski definition) is 1. The van der Waals surface area contributed by atoms with Crippen molar-refractivity contribution in [1.29, 1.82) is 0 Å². The van der Waals surface area contributed by atoms with Crippen LogP contribution in [0.15, 0.2) is 109 Å². The molecule has 0 saturated carbocycles. The lowest BCUT2D eigenvalue weighted by atomic mass is 10.1. The van der Waals surface area contributed by atoms with Crippen LogP contribution < -0.4 is 14.8 Å². The van der Waals surface area contributed by atoms with E-state index >= 15 is 0 Å². The first-order valence-corrected chi connectivity index (χ1v) is 11.1. The number of aryl methyl sites for hydroxylation is 1. The quantitative estimate of drug-likeness (QED) is 0.287. The summed E-state index contributed by atoms with van der Waals surface area (Å²) in [7, 11) is 0. The molecule has 0 unspecified atom stereocenters. The maximum absolute atomic E-state index is 12.9. The Morgan fingerprint density at radius 2 is 1.30 bits per heavy atom. The Morgan fingerprint density at radius 1 is 0.667 bits per heavy atom. The first-order chi connectivity index (χ1) is 16.3. The lowest BCUT2D eigenvalue weighted by Crippen LogP contribution is -2.13. The second kappa shape index (κ2) is 11.5. The molecule has 0 aromatic heterocycles. The first-order valence-electron chi connectivity index (χ1n) is 11.1. The second-order valence-corrected chi connectivity index (χ2v) is 7.69. The van der Waals surface area contributed by atoms with Crippen molar-refractivity contribution in [3.63, 3.8) is 0 Å². The van der Waals surface area contributed by atoms with Gasteiger partial charge in [-0.25, -0.2) is 0 Å². The van der Waals surface area contributed by atoms with Crippen molar-refractivity contribution in [2.45, 2.75) is 19.4 Å². The summed E-state index contributed by atoms with van der Waals surface area (Å²) in [5, 5.41) is 2.94. The number of anilines is 1. The molecule has 4 nitrogen and oxygen atoms in total. The molecular weight excluding hydrogens is 410 g/mol. The number of hydrogen-bond acceptors (Lipinski definition) is 3. The van der Waals surface area contributed by atoms with Gasteiger partial charge in [0.2, 0.25) is 0 Å². The van der Waals surface area contributed by atoms with Crippen LogP contribution in [0.5, 0.6) is 11.5 Å². The van der Waals surface area contributed by atoms with Crippen molar-refractivity contribution in [1.82, 2.24) is 0 Å². The summed E-state index contributed by atoms with van der Waals surface area (Å²) in [6.45, 7) is 1.05. The zero-order valence-electron chi connectivity index (χ0n) is 18.4. The molecule has 166 valence electrons. The van der Waals surface area contributed by atoms with Gasteiger partial charge in [-0.1, -0.05) is 72.8 Å². The molecule has 0 aliphatic heterocycles. The van der Waals surface area contributed by atoms with Crippen LogP contribution in [-0.4, -0.2) is 12.5 Å². The Labute approximate surface area is 194 Å². The summed E-state index contributed by atoms with van der Waals surface area (Å²) in [5.74, 6) is 1.13. The molecule has 0 radical (unpaired) electrons. The molecule has 0 atom stereocenters. The highest BCUT2D eigenvalue weighted by atomic mass is 16.5. The summed E-state index contributed by atoms with van der Waals surface area (Å²) in [6.07, 6.45) is 1.93. The molecule has 4 heteroatoms. The van der Waals surface area contributed by atoms with E-state index in [0.29, 0.717) is 30.2 Å². The smallest absolute Gasteiger partial charge is 0.259 e. The monoisotopic (exact) mass is 437 g/mol. The van der Waals surface area contributed by atoms with E-state index in [-0.39, 0.29) is 5.91 Å². The van der Waals surface area contributed by atoms with E-state index in [9.17, 15) is 4.79 Å². The molecule has 0 spiro atoms. The normalized spacial score (nSPS) is 10.4. The second-order valence-electron chi connectivity index (χ2n) is 7.69. The number of para-hydroxylation sites is 1. The summed E-state index contributed by atoms with van der Waals surface area (Å²) < 4.78 is 11.7. The number of amides is 1. The van der Waals surface area contributed by atoms with Crippen LogP contribution in [0.4, 0.5) is 5.69 Å². The molecule has 0 bridgehead atoms. The van der Waals surface area contributed by atoms with Gasteiger partial charge in [0.25, 0.3) is 5.91 Å². The Hall–Kier alpha value is -4.05. The third kappa shape index (κ3) is 6.71. The van der Waals surface area contributed by atoms with Crippen LogP contribution in [0, 0.1) is 0 Å². The maximum atomic E-state index is 12.9. The van der Waals surface area contributed by atoms with Gasteiger partial charge in [-0.3, -0.25) is 4.79 Å². The fraction of sp³-hybridized carbons (Fsp3) is 0.138. The molecule has 0 heterocycles. The average molecular weight is 438 g/mol. The third-order valence-electron chi connectivity index (χ3n) is 5.20. The van der Waals surface area contributed by atoms with Gasteiger partial charge in [0, 0.05) is 5.69 Å². The minimum absolute atomic E-state index is 0.213. The molecule has 0 aliphatic carbocycles. The zero-order valence-corrected chi connectivity index (χ0v) is 18.4. The van der Waals surface area contributed by atoms with Crippen LogP contribution >= 0.6 is 0 Å². The topological polar surface area (TPSA) is 47.6 Å². The number of carbonyl (C=O) groups is 1. The Morgan fingerprint density at radius 3 is 2.03 bits per heavy atom. The van der Waals surface area contributed by atoms with Gasteiger partial charge >= 0.3 is 0 Å². The van der Waals surface area contributed by atoms with Gasteiger partial charge in [-0.05, 0) is 60.4 Å². The summed E-state index contributed by atoms with van der Waals surface area (Å²) in [6, 6.07) is 35.0. The molecular formula is C29H27NO3. The Kier molecular flexibility index (Phi) is 7.74. The highest BCUT2D eigenvalue weighted by molar-refractivity contribution is 6.06. The standard InChI is InChI=1S/C29H27NO3/c31-29(27-15-7-8-16-28(27)33-22-24-12-5-2-6-13-24)30-25-17-19-26(20-18-25)32-21-9-14-23-10-3-1-4-11-23/h1-8,10-13,15-20H,9,14,21-22H2,(H,30,31). The Balaban J connectivity index is 1.28. The van der Waals surface area contributed by atoms with Gasteiger partial charge < -0.3 is 14.8 Å². The number of nitrogens with one attached hydrogen (secondary N) is 1. The van der Waals surface area contributed by atoms with Crippen LogP contribution in [0.1, 0.15) is 27.9 Å². The van der Waals surface area contributed by atoms with Crippen molar-refractivity contribution >= 4 is 11.6 Å². The predicted octanol–water partition coefficient (Wildman–Crippen LogP) is 6.53. The van der Waals surface area contributed by atoms with Crippen molar-refractivity contribution in [2.75, 3.05) is 11.9 Å². The number of rotatable bonds is 10. The van der Waals surface area contributed by atoms with Crippen LogP contribution in [-0.2, 0) is 13.0 Å². The summed E-state index contributed by atoms with van der Waals surface area (Å²) >= 11 is 0. The lowest BCUT2D eigenvalue weighted by Gasteiger charge is -2.12. The Bertz CT molecular complexity index is 1140. The van der Waals surface area contributed by atoms with Gasteiger partial charge in [-0.2, -0.15) is 0 Å². The van der Waals surface area contributed by atoms with E-state index in [1.807, 2.05) is 78.9 Å².